The maximum Gasteiger partial charge on any atom is 0.238 e. The van der Waals surface area contributed by atoms with E-state index in [4.69, 9.17) is 15.0 Å². The molecular weight excluding hydrogens is 597 g/mol. The molecule has 0 saturated heterocycles. The standard InChI is InChI=1S/C45H30N4/c1-4-13-31(14-5-1)34-23-25-35(26-24-34)43-46-44(38-20-12-19-36(29-38)32-15-6-2-7-16-32)48-45(47-43)49-41-22-11-10-21-39(41)40-30-37(27-28-42(40)49)33-17-8-3-9-18-33/h1-30H. The maximum atomic E-state index is 5.19. The van der Waals surface area contributed by atoms with Gasteiger partial charge in [0.15, 0.2) is 11.6 Å². The van der Waals surface area contributed by atoms with E-state index in [-0.39, 0.29) is 0 Å². The van der Waals surface area contributed by atoms with Gasteiger partial charge in [0, 0.05) is 21.9 Å². The number of hydrogen-bond donors (Lipinski definition) is 0. The van der Waals surface area contributed by atoms with Crippen molar-refractivity contribution in [3.8, 4) is 62.1 Å². The molecular formula is C45H30N4. The molecule has 0 aliphatic heterocycles. The molecule has 7 aromatic carbocycles. The predicted molar refractivity (Wildman–Crippen MR) is 201 cm³/mol. The number of fused-ring (bicyclic) bond motifs is 3. The highest BCUT2D eigenvalue weighted by Crippen LogP contribution is 2.35. The summed E-state index contributed by atoms with van der Waals surface area (Å²) in [7, 11) is 0. The SMILES string of the molecule is c1ccc(-c2ccc(-c3nc(-c4cccc(-c5ccccc5)c4)nc(-n4c5ccccc5c5cc(-c6ccccc6)ccc54)n3)cc2)cc1. The molecule has 0 N–H and O–H groups in total. The van der Waals surface area contributed by atoms with Crippen molar-refractivity contribution in [3.05, 3.63) is 182 Å². The largest absolute Gasteiger partial charge is 0.278 e. The van der Waals surface area contributed by atoms with E-state index in [1.807, 2.05) is 12.1 Å². The van der Waals surface area contributed by atoms with Crippen molar-refractivity contribution in [3.63, 3.8) is 0 Å². The topological polar surface area (TPSA) is 43.6 Å². The Bertz CT molecular complexity index is 2570. The molecule has 0 aliphatic rings. The molecule has 0 bridgehead atoms. The molecule has 0 atom stereocenters. The van der Waals surface area contributed by atoms with Gasteiger partial charge in [-0.2, -0.15) is 9.97 Å². The van der Waals surface area contributed by atoms with Crippen molar-refractivity contribution < 1.29 is 0 Å². The first-order valence-electron chi connectivity index (χ1n) is 16.5. The first-order valence-corrected chi connectivity index (χ1v) is 16.5. The van der Waals surface area contributed by atoms with Crippen molar-refractivity contribution in [2.45, 2.75) is 0 Å². The molecule has 49 heavy (non-hydrogen) atoms. The molecule has 2 aromatic heterocycles. The molecule has 0 amide bonds. The van der Waals surface area contributed by atoms with Crippen LogP contribution in [0.4, 0.5) is 0 Å². The summed E-state index contributed by atoms with van der Waals surface area (Å²) in [5.74, 6) is 1.82. The third-order valence-corrected chi connectivity index (χ3v) is 9.08. The van der Waals surface area contributed by atoms with Gasteiger partial charge in [0.25, 0.3) is 0 Å². The van der Waals surface area contributed by atoms with E-state index in [0.717, 1.165) is 49.6 Å². The molecule has 0 fully saturated rings. The quantitative estimate of drug-likeness (QED) is 0.184. The van der Waals surface area contributed by atoms with Crippen LogP contribution in [0, 0.1) is 0 Å². The summed E-state index contributed by atoms with van der Waals surface area (Å²) in [6, 6.07) is 63.4. The van der Waals surface area contributed by atoms with Crippen LogP contribution in [0.15, 0.2) is 182 Å². The Balaban J connectivity index is 1.25. The van der Waals surface area contributed by atoms with Crippen molar-refractivity contribution in [2.75, 3.05) is 0 Å². The van der Waals surface area contributed by atoms with Crippen LogP contribution in [0.1, 0.15) is 0 Å². The van der Waals surface area contributed by atoms with Crippen LogP contribution in [0.25, 0.3) is 83.9 Å². The van der Waals surface area contributed by atoms with Crippen molar-refractivity contribution in [2.24, 2.45) is 0 Å². The van der Waals surface area contributed by atoms with E-state index in [0.29, 0.717) is 17.6 Å². The molecule has 0 saturated carbocycles. The molecule has 9 rings (SSSR count). The zero-order chi connectivity index (χ0) is 32.6. The lowest BCUT2D eigenvalue weighted by molar-refractivity contribution is 0.953. The molecule has 9 aromatic rings. The lowest BCUT2D eigenvalue weighted by Gasteiger charge is -2.12. The van der Waals surface area contributed by atoms with Gasteiger partial charge in [0.2, 0.25) is 5.95 Å². The summed E-state index contributed by atoms with van der Waals surface area (Å²) in [6.45, 7) is 0. The smallest absolute Gasteiger partial charge is 0.238 e. The zero-order valence-corrected chi connectivity index (χ0v) is 26.6. The third kappa shape index (κ3) is 5.35. The van der Waals surface area contributed by atoms with Crippen LogP contribution in [-0.4, -0.2) is 19.5 Å². The van der Waals surface area contributed by atoms with Gasteiger partial charge in [0.05, 0.1) is 11.0 Å². The van der Waals surface area contributed by atoms with Gasteiger partial charge in [-0.1, -0.05) is 158 Å². The normalized spacial score (nSPS) is 11.3. The Morgan fingerprint density at radius 2 is 0.735 bits per heavy atom. The fourth-order valence-electron chi connectivity index (χ4n) is 6.63. The monoisotopic (exact) mass is 626 g/mol. The van der Waals surface area contributed by atoms with Gasteiger partial charge >= 0.3 is 0 Å². The minimum absolute atomic E-state index is 0.580. The molecule has 230 valence electrons. The van der Waals surface area contributed by atoms with Gasteiger partial charge in [-0.3, -0.25) is 4.57 Å². The number of hydrogen-bond acceptors (Lipinski definition) is 3. The molecule has 2 heterocycles. The van der Waals surface area contributed by atoms with Gasteiger partial charge in [-0.15, -0.1) is 0 Å². The molecule has 0 unspecified atom stereocenters. The average molecular weight is 627 g/mol. The summed E-state index contributed by atoms with van der Waals surface area (Å²) in [5, 5.41) is 2.30. The average Bonchev–Trinajstić information content (AvgIpc) is 3.53. The Morgan fingerprint density at radius 3 is 1.41 bits per heavy atom. The summed E-state index contributed by atoms with van der Waals surface area (Å²) >= 11 is 0. The minimum atomic E-state index is 0.580. The van der Waals surface area contributed by atoms with E-state index in [1.165, 1.54) is 16.7 Å². The Labute approximate surface area is 284 Å². The summed E-state index contributed by atoms with van der Waals surface area (Å²) in [4.78, 5) is 15.5. The van der Waals surface area contributed by atoms with Gasteiger partial charge < -0.3 is 0 Å². The van der Waals surface area contributed by atoms with E-state index >= 15 is 0 Å². The number of para-hydroxylation sites is 1. The minimum Gasteiger partial charge on any atom is -0.278 e. The Hall–Kier alpha value is -6.65. The Morgan fingerprint density at radius 1 is 0.286 bits per heavy atom. The number of rotatable bonds is 6. The van der Waals surface area contributed by atoms with Crippen molar-refractivity contribution in [1.29, 1.82) is 0 Å². The predicted octanol–water partition coefficient (Wildman–Crippen LogP) is 11.3. The highest BCUT2D eigenvalue weighted by atomic mass is 15.2. The highest BCUT2D eigenvalue weighted by Gasteiger charge is 2.18. The van der Waals surface area contributed by atoms with Crippen LogP contribution in [-0.2, 0) is 0 Å². The van der Waals surface area contributed by atoms with Gasteiger partial charge in [-0.25, -0.2) is 4.98 Å². The van der Waals surface area contributed by atoms with E-state index < -0.39 is 0 Å². The van der Waals surface area contributed by atoms with Crippen LogP contribution < -0.4 is 0 Å². The van der Waals surface area contributed by atoms with Crippen LogP contribution >= 0.6 is 0 Å². The van der Waals surface area contributed by atoms with E-state index in [9.17, 15) is 0 Å². The van der Waals surface area contributed by atoms with E-state index in [2.05, 4.69) is 174 Å². The van der Waals surface area contributed by atoms with Crippen LogP contribution in [0.5, 0.6) is 0 Å². The summed E-state index contributed by atoms with van der Waals surface area (Å²) in [6.07, 6.45) is 0. The Kier molecular flexibility index (Phi) is 7.10. The van der Waals surface area contributed by atoms with E-state index in [1.54, 1.807) is 0 Å². The van der Waals surface area contributed by atoms with Gasteiger partial charge in [-0.05, 0) is 57.6 Å². The first kappa shape index (κ1) is 28.6. The molecule has 0 aliphatic carbocycles. The maximum absolute atomic E-state index is 5.19. The molecule has 0 spiro atoms. The second-order valence-corrected chi connectivity index (χ2v) is 12.1. The second-order valence-electron chi connectivity index (χ2n) is 12.1. The summed E-state index contributed by atoms with van der Waals surface area (Å²) in [5.41, 5.74) is 10.9. The summed E-state index contributed by atoms with van der Waals surface area (Å²) < 4.78 is 2.17. The van der Waals surface area contributed by atoms with Crippen molar-refractivity contribution in [1.82, 2.24) is 19.5 Å². The fourth-order valence-corrected chi connectivity index (χ4v) is 6.63. The first-order chi connectivity index (χ1) is 24.3. The number of benzene rings is 7. The van der Waals surface area contributed by atoms with Crippen LogP contribution in [0.3, 0.4) is 0 Å². The van der Waals surface area contributed by atoms with Crippen LogP contribution in [0.2, 0.25) is 0 Å². The van der Waals surface area contributed by atoms with Gasteiger partial charge in [0.1, 0.15) is 0 Å². The fraction of sp³-hybridized carbons (Fsp3) is 0. The highest BCUT2D eigenvalue weighted by molar-refractivity contribution is 6.10. The third-order valence-electron chi connectivity index (χ3n) is 9.08. The molecule has 0 radical (unpaired) electrons. The second kappa shape index (κ2) is 12.2. The number of nitrogens with zero attached hydrogens (tertiary/aromatic N) is 4. The van der Waals surface area contributed by atoms with Crippen molar-refractivity contribution >= 4 is 21.8 Å². The molecule has 4 heteroatoms. The zero-order valence-electron chi connectivity index (χ0n) is 26.6. The lowest BCUT2D eigenvalue weighted by atomic mass is 10.0. The molecule has 4 nitrogen and oxygen atoms in total. The lowest BCUT2D eigenvalue weighted by Crippen LogP contribution is -2.06. The number of aromatic nitrogens is 4.